The molecule has 60 heteroatoms. The van der Waals surface area contributed by atoms with E-state index in [9.17, 15) is 67.0 Å². The number of nitrogens with two attached hydrogens (primary N) is 5. The van der Waals surface area contributed by atoms with Crippen molar-refractivity contribution in [3.05, 3.63) is 91.7 Å². The monoisotopic (exact) mass is 2050 g/mol. The maximum atomic E-state index is 13.8. The molecule has 0 aromatic carbocycles. The number of carbonyl (C=O) groups excluding carboxylic acids is 8. The van der Waals surface area contributed by atoms with Crippen LogP contribution in [-0.4, -0.2) is 291 Å². The number of aliphatic hydroxyl groups excluding tert-OH is 2. The molecular weight excluding hydrogens is 1950 g/mol. The van der Waals surface area contributed by atoms with E-state index in [0.29, 0.717) is 41.1 Å². The van der Waals surface area contributed by atoms with E-state index < -0.39 is 192 Å². The van der Waals surface area contributed by atoms with Gasteiger partial charge in [-0.3, -0.25) is 80.7 Å². The van der Waals surface area contributed by atoms with Gasteiger partial charge in [-0.2, -0.15) is 24.9 Å². The first-order valence-electron chi connectivity index (χ1n) is 42.3. The van der Waals surface area contributed by atoms with Gasteiger partial charge in [-0.25, -0.2) is 29.3 Å². The maximum absolute atomic E-state index is 13.8. The molecule has 139 heavy (non-hydrogen) atoms. The van der Waals surface area contributed by atoms with Gasteiger partial charge in [-0.1, -0.05) is 108 Å². The van der Waals surface area contributed by atoms with E-state index in [0.717, 1.165) is 76.1 Å². The van der Waals surface area contributed by atoms with Crippen molar-refractivity contribution in [2.75, 3.05) is 101 Å². The lowest BCUT2D eigenvalue weighted by atomic mass is 10.1. The lowest BCUT2D eigenvalue weighted by molar-refractivity contribution is -0.158. The molecule has 15 heterocycles. The summed E-state index contributed by atoms with van der Waals surface area (Å²) in [5, 5.41) is 23.2. The minimum Gasteiger partial charge on any atom is -0.463 e. The number of azide groups is 1. The van der Waals surface area contributed by atoms with Crippen LogP contribution in [0.2, 0.25) is 0 Å². The van der Waals surface area contributed by atoms with Crippen molar-refractivity contribution in [1.82, 2.24) is 68.1 Å². The summed E-state index contributed by atoms with van der Waals surface area (Å²) in [7, 11) is 2.92. The average Bonchev–Trinajstić information content (AvgIpc) is 1.60. The van der Waals surface area contributed by atoms with E-state index >= 15 is 0 Å². The quantitative estimate of drug-likeness (QED) is 0.00795. The number of methoxy groups -OCH3 is 2. The van der Waals surface area contributed by atoms with Crippen LogP contribution in [0.15, 0.2) is 71.8 Å². The van der Waals surface area contributed by atoms with Gasteiger partial charge in [0.2, 0.25) is 29.7 Å². The molecule has 6 aliphatic heterocycles. The zero-order chi connectivity index (χ0) is 101. The van der Waals surface area contributed by atoms with Gasteiger partial charge in [0.15, 0.2) is 90.1 Å². The van der Waals surface area contributed by atoms with Crippen molar-refractivity contribution in [1.29, 1.82) is 0 Å². The van der Waals surface area contributed by atoms with Crippen molar-refractivity contribution in [3.8, 4) is 0 Å². The fraction of sp³-hybridized carbons (Fsp3) is 0.570. The Balaban J connectivity index is 0.000000168. The van der Waals surface area contributed by atoms with Crippen molar-refractivity contribution in [2.45, 2.75) is 228 Å². The highest BCUT2D eigenvalue weighted by Crippen LogP contribution is 2.48. The SMILES string of the molecule is C=C1Sc2cnc(N)nc2N1[C@@H]1O[C@H](CO)[C@H](F)[C@H]1O.CC(=O)OC[C@H]1O[C@@H](n2c(=O)sc3cnc(N)nc32)[C@H](OC(C)=O)[C@@H]1N=[N+]=[N-].CCCCCCCCO[C@@H]1[C@@H](OC(C)=O)[C@H](n2c(=O)sc3cnc(N)nc32)O[C@@H]1COC(C)=O.COCCO[C@@H]1[C@@H](OC(C)=O)[C@H](n2c(=O)sc3cnc(N)nc32)O[C@@H]1COC(C)=O.CO[C@@H]1[C@@H](OC(C)=O)[C@H](n2c(=O)sc3cnc(N)nc32)O[C@@H]1COC(C)=O. The first kappa shape index (κ1) is 107. The molecule has 5 fully saturated rings. The van der Waals surface area contributed by atoms with Gasteiger partial charge in [0, 0.05) is 87.3 Å². The van der Waals surface area contributed by atoms with Crippen LogP contribution in [0, 0.1) is 0 Å². The topological polar surface area (TPSA) is 733 Å². The first-order valence-corrected chi connectivity index (χ1v) is 46.4. The van der Waals surface area contributed by atoms with Gasteiger partial charge >= 0.3 is 67.2 Å². The standard InChI is InChI=1S/C22H32N4O7S.C17H22N4O8S.C15H18N4O7S.C14H15N7O6S.C11H13FN4O3S/c1-4-5-6-7-8-9-10-30-17-15(12-31-13(2)27)33-20(18(17)32-14(3)28)26-19-16(34-22(26)29)11-24-21(23)25-19;1-8(22)27-7-10-12(26-5-4-25-3)13(28-9(2)23)15(29-10)21-14-11(30-17(21)24)6-19-16(18)20-14;1-6(20)24-5-8-10(23-3)11(25-7(2)21)13(26-8)19-12-9(27-15(19)22)4-17-14(16)18-12;1-5(22)25-4-7-9(19-20-16)10(26-6(2)23)12(27-7)21-11-8(28-14(21)24)3-17-13(15)18-11;1-4-16(9-6(20-4)2-14-11(13)15-9)10-8(18)7(12)5(3-17)19-10/h11,15,17-18,20H,4-10,12H2,1-3H3,(H2,23,24,25);6,10,12-13,15H,4-5,7H2,1-3H3,(H2,18,19,20);4,8,10-11,13H,5H2,1-3H3,(H2,16,17,18);3,7,9-10,12H,4H2,1-2H3,(H2,15,17,18);2,5,7-8,10,17-18H,1,3H2,(H2,13,14,15)/t15-,17+,18-,20-;10-,12+,13-,15-;8-,10+,11-,13-;7-,9-,10-,12-;5-,7+,8-,10-/m11111/s1. The minimum absolute atomic E-state index is 0.00609. The largest absolute Gasteiger partial charge is 0.463 e. The second kappa shape index (κ2) is 49.0. The van der Waals surface area contributed by atoms with E-state index in [2.05, 4.69) is 73.4 Å². The summed E-state index contributed by atoms with van der Waals surface area (Å²) in [6.45, 7) is 15.6. The van der Waals surface area contributed by atoms with E-state index in [1.807, 2.05) is 0 Å². The highest BCUT2D eigenvalue weighted by molar-refractivity contribution is 8.03. The third-order valence-electron chi connectivity index (χ3n) is 20.8. The highest BCUT2D eigenvalue weighted by atomic mass is 32.2. The number of thioether (sulfide) groups is 1. The number of alkyl halides is 1. The Bertz CT molecular complexity index is 6220. The third kappa shape index (κ3) is 26.4. The number of nitrogens with zero attached hydrogens (tertiary/aromatic N) is 18. The molecule has 0 unspecified atom stereocenters. The van der Waals surface area contributed by atoms with E-state index in [4.69, 9.17) is 120 Å². The number of fused-ring (bicyclic) bond motifs is 5. The number of nitrogen functional groups attached to an aromatic ring is 5. The number of aromatic nitrogens is 14. The van der Waals surface area contributed by atoms with Crippen LogP contribution in [0.25, 0.3) is 51.8 Å². The van der Waals surface area contributed by atoms with Crippen molar-refractivity contribution >= 4 is 182 Å². The number of halogens is 1. The molecule has 54 nitrogen and oxygen atoms in total. The summed E-state index contributed by atoms with van der Waals surface area (Å²) in [5.74, 6) is -4.11. The lowest BCUT2D eigenvalue weighted by Gasteiger charge is -2.27. The maximum Gasteiger partial charge on any atom is 0.311 e. The second-order valence-electron chi connectivity index (χ2n) is 30.7. The van der Waals surface area contributed by atoms with Gasteiger partial charge in [-0.15, -0.1) is 0 Å². The number of esters is 8. The summed E-state index contributed by atoms with van der Waals surface area (Å²) < 4.78 is 114. The zero-order valence-electron chi connectivity index (χ0n) is 76.1. The van der Waals surface area contributed by atoms with Gasteiger partial charge in [0.25, 0.3) is 0 Å². The zero-order valence-corrected chi connectivity index (χ0v) is 80.2. The molecule has 754 valence electrons. The van der Waals surface area contributed by atoms with Crippen LogP contribution in [-0.2, 0) is 119 Å². The predicted octanol–water partition coefficient (Wildman–Crippen LogP) is 2.64. The molecule has 9 aromatic rings. The Morgan fingerprint density at radius 1 is 0.460 bits per heavy atom. The normalized spacial score (nSPS) is 24.9. The van der Waals surface area contributed by atoms with E-state index in [-0.39, 0.29) is 96.8 Å². The minimum atomic E-state index is -1.67. The summed E-state index contributed by atoms with van der Waals surface area (Å²) in [6.07, 6.45) is -5.40. The molecule has 20 atom stereocenters. The summed E-state index contributed by atoms with van der Waals surface area (Å²) in [5.41, 5.74) is 38.1. The Kier molecular flexibility index (Phi) is 37.7. The molecule has 0 aliphatic carbocycles. The van der Waals surface area contributed by atoms with Crippen molar-refractivity contribution < 1.29 is 133 Å². The van der Waals surface area contributed by atoms with Gasteiger partial charge in [0.05, 0.1) is 73.3 Å². The number of rotatable bonds is 32. The van der Waals surface area contributed by atoms with E-state index in [1.54, 1.807) is 0 Å². The number of unbranched alkanes of at least 4 members (excludes halogenated alkanes) is 5. The number of hydrogen-bond donors (Lipinski definition) is 7. The molecule has 5 saturated heterocycles. The summed E-state index contributed by atoms with van der Waals surface area (Å²) in [6, 6.07) is -1.04. The molecule has 0 spiro atoms. The molecule has 15 rings (SSSR count). The Morgan fingerprint density at radius 2 is 0.799 bits per heavy atom. The number of carbonyl (C=O) groups is 8. The molecule has 0 radical (unpaired) electrons. The van der Waals surface area contributed by atoms with Crippen LogP contribution < -0.4 is 53.1 Å². The predicted molar refractivity (Wildman–Crippen MR) is 488 cm³/mol. The van der Waals surface area contributed by atoms with Gasteiger partial charge < -0.3 is 119 Å². The molecule has 9 aromatic heterocycles. The van der Waals surface area contributed by atoms with Crippen LogP contribution in [0.3, 0.4) is 0 Å². The summed E-state index contributed by atoms with van der Waals surface area (Å²) >= 11 is 4.86. The van der Waals surface area contributed by atoms with Crippen LogP contribution in [0.5, 0.6) is 0 Å². The first-order chi connectivity index (χ1) is 66.3. The number of thiazole rings is 4. The molecule has 0 amide bonds. The molecule has 12 N–H and O–H groups in total. The Morgan fingerprint density at radius 3 is 1.17 bits per heavy atom. The number of anilines is 6. The smallest absolute Gasteiger partial charge is 0.311 e. The number of ether oxygens (including phenoxy) is 17. The fourth-order valence-corrected chi connectivity index (χ4v) is 19.2. The van der Waals surface area contributed by atoms with Crippen LogP contribution in [0.1, 0.15) is 126 Å². The highest BCUT2D eigenvalue weighted by Gasteiger charge is 2.56. The Hall–Kier alpha value is -12.4. The molecule has 6 aliphatic rings. The second-order valence-corrected chi connectivity index (χ2v) is 35.8. The fourth-order valence-electron chi connectivity index (χ4n) is 15.1. The lowest BCUT2D eigenvalue weighted by Crippen LogP contribution is -2.41. The molecule has 0 bridgehead atoms. The van der Waals surface area contributed by atoms with Crippen LogP contribution in [0.4, 0.5) is 39.9 Å². The number of hydrogen-bond acceptors (Lipinski definition) is 53. The number of aliphatic hydroxyl groups is 2. The van der Waals surface area contributed by atoms with Gasteiger partial charge in [-0.05, 0) is 12.0 Å². The van der Waals surface area contributed by atoms with Crippen LogP contribution >= 0.6 is 57.1 Å². The molecular formula is C79H100FN23O31S5. The summed E-state index contributed by atoms with van der Waals surface area (Å²) in [4.78, 5) is 186. The Labute approximate surface area is 805 Å². The van der Waals surface area contributed by atoms with Crippen molar-refractivity contribution in [3.63, 3.8) is 0 Å². The van der Waals surface area contributed by atoms with Crippen molar-refractivity contribution in [2.24, 2.45) is 5.11 Å². The van der Waals surface area contributed by atoms with Gasteiger partial charge in [0.1, 0.15) is 87.4 Å². The van der Waals surface area contributed by atoms with E-state index in [1.165, 1.54) is 143 Å². The third-order valence-corrected chi connectivity index (χ3v) is 25.2. The average molecular weight is 2050 g/mol. The molecule has 0 saturated carbocycles.